The summed E-state index contributed by atoms with van der Waals surface area (Å²) in [6.07, 6.45) is 5.19. The number of aromatic nitrogens is 1. The van der Waals surface area contributed by atoms with Gasteiger partial charge in [-0.25, -0.2) is 9.59 Å². The van der Waals surface area contributed by atoms with E-state index in [1.807, 2.05) is 78.9 Å². The summed E-state index contributed by atoms with van der Waals surface area (Å²) in [5.74, 6) is 0. The third-order valence-corrected chi connectivity index (χ3v) is 6.66. The molecular formula is C30H32ClN3O4. The average molecular weight is 534 g/mol. The Morgan fingerprint density at radius 3 is 2.24 bits per heavy atom. The lowest BCUT2D eigenvalue weighted by molar-refractivity contribution is 0.155. The molecule has 2 N–H and O–H groups in total. The van der Waals surface area contributed by atoms with E-state index < -0.39 is 11.5 Å². The van der Waals surface area contributed by atoms with Gasteiger partial charge in [0.15, 0.2) is 0 Å². The fourth-order valence-electron chi connectivity index (χ4n) is 4.51. The molecule has 4 aromatic rings. The van der Waals surface area contributed by atoms with Crippen molar-refractivity contribution in [2.45, 2.75) is 38.5 Å². The molecule has 1 aliphatic heterocycles. The molecule has 1 aliphatic rings. The van der Waals surface area contributed by atoms with Crippen molar-refractivity contribution in [1.82, 2.24) is 9.88 Å². The number of carbonyl (C=O) groups excluding carboxylic acids is 2. The highest BCUT2D eigenvalue weighted by Crippen LogP contribution is 2.27. The molecule has 2 heterocycles. The number of likely N-dealkylation sites (tertiary alicyclic amines) is 1. The molecule has 7 nitrogen and oxygen atoms in total. The zero-order valence-electron chi connectivity index (χ0n) is 21.4. The standard InChI is InChI=1S/C22H25N3O2.C8H7ClO2/c1-25-11-5-8-19(25)12-17-14-23-21-10-9-18(13-20(17)21)24-22(26)27-15-16-6-3-2-4-7-16;9-8(10)11-6-7-4-2-1-3-5-7/h2-4,6-7,9-10,13-14,19,23H,5,8,11-12,15H2,1H3,(H,24,26);1-5H,6H2/t19-;/m1./s1. The zero-order valence-corrected chi connectivity index (χ0v) is 22.1. The minimum Gasteiger partial charge on any atom is -0.449 e. The molecule has 0 unspecified atom stereocenters. The van der Waals surface area contributed by atoms with Gasteiger partial charge in [0, 0.05) is 40.4 Å². The molecule has 8 heteroatoms. The number of halogens is 1. The number of nitrogens with one attached hydrogen (secondary N) is 2. The summed E-state index contributed by atoms with van der Waals surface area (Å²) in [6.45, 7) is 1.68. The molecular weight excluding hydrogens is 502 g/mol. The largest absolute Gasteiger partial charge is 0.449 e. The van der Waals surface area contributed by atoms with Gasteiger partial charge in [-0.1, -0.05) is 60.7 Å². The number of likely N-dealkylation sites (N-methyl/N-ethyl adjacent to an activating group) is 1. The van der Waals surface area contributed by atoms with E-state index in [0.29, 0.717) is 6.04 Å². The van der Waals surface area contributed by atoms with Gasteiger partial charge in [0.2, 0.25) is 0 Å². The number of rotatable bonds is 7. The van der Waals surface area contributed by atoms with E-state index in [0.717, 1.165) is 34.1 Å². The first-order valence-electron chi connectivity index (χ1n) is 12.6. The lowest BCUT2D eigenvalue weighted by Gasteiger charge is -2.18. The number of carbonyl (C=O) groups is 2. The molecule has 0 radical (unpaired) electrons. The van der Waals surface area contributed by atoms with Gasteiger partial charge in [-0.05, 0) is 67.7 Å². The molecule has 0 saturated carbocycles. The Labute approximate surface area is 227 Å². The van der Waals surface area contributed by atoms with Crippen LogP contribution in [0, 0.1) is 0 Å². The second-order valence-corrected chi connectivity index (χ2v) is 9.56. The molecule has 0 bridgehead atoms. The van der Waals surface area contributed by atoms with Crippen LogP contribution in [0.1, 0.15) is 29.5 Å². The quantitative estimate of drug-likeness (QED) is 0.247. The van der Waals surface area contributed by atoms with E-state index in [2.05, 4.69) is 33.2 Å². The number of hydrogen-bond donors (Lipinski definition) is 2. The Hall–Kier alpha value is -3.81. The highest BCUT2D eigenvalue weighted by molar-refractivity contribution is 6.61. The molecule has 3 aromatic carbocycles. The van der Waals surface area contributed by atoms with Gasteiger partial charge >= 0.3 is 11.5 Å². The monoisotopic (exact) mass is 533 g/mol. The normalized spacial score (nSPS) is 14.9. The Morgan fingerprint density at radius 1 is 0.974 bits per heavy atom. The average Bonchev–Trinajstić information content (AvgIpc) is 3.53. The van der Waals surface area contributed by atoms with Crippen LogP contribution in [-0.4, -0.2) is 41.0 Å². The highest BCUT2D eigenvalue weighted by Gasteiger charge is 2.22. The minimum absolute atomic E-state index is 0.239. The Kier molecular flexibility index (Phi) is 9.78. The van der Waals surface area contributed by atoms with Gasteiger partial charge in [-0.2, -0.15) is 0 Å². The zero-order chi connectivity index (χ0) is 26.7. The Morgan fingerprint density at radius 2 is 1.63 bits per heavy atom. The van der Waals surface area contributed by atoms with Gasteiger partial charge in [0.05, 0.1) is 0 Å². The van der Waals surface area contributed by atoms with Crippen LogP contribution in [0.15, 0.2) is 85.1 Å². The number of fused-ring (bicyclic) bond motifs is 1. The van der Waals surface area contributed by atoms with Crippen molar-refractivity contribution in [3.05, 3.63) is 102 Å². The van der Waals surface area contributed by atoms with E-state index in [1.165, 1.54) is 24.9 Å². The molecule has 1 atom stereocenters. The second-order valence-electron chi connectivity index (χ2n) is 9.25. The van der Waals surface area contributed by atoms with Crippen molar-refractivity contribution >= 4 is 39.7 Å². The Bertz CT molecular complexity index is 1330. The topological polar surface area (TPSA) is 83.7 Å². The molecule has 38 heavy (non-hydrogen) atoms. The minimum atomic E-state index is -0.770. The summed E-state index contributed by atoms with van der Waals surface area (Å²) in [6, 6.07) is 25.6. The molecule has 198 valence electrons. The predicted octanol–water partition coefficient (Wildman–Crippen LogP) is 7.12. The molecule has 5 rings (SSSR count). The molecule has 0 aliphatic carbocycles. The molecule has 1 amide bonds. The number of nitrogens with zero attached hydrogens (tertiary/aromatic N) is 1. The summed E-state index contributed by atoms with van der Waals surface area (Å²) in [5, 5.41) is 4.00. The predicted molar refractivity (Wildman–Crippen MR) is 150 cm³/mol. The maximum absolute atomic E-state index is 12.1. The van der Waals surface area contributed by atoms with Crippen LogP contribution in [0.3, 0.4) is 0 Å². The maximum atomic E-state index is 12.1. The third-order valence-electron chi connectivity index (χ3n) is 6.55. The number of anilines is 1. The number of aromatic amines is 1. The fourth-order valence-corrected chi connectivity index (χ4v) is 4.56. The van der Waals surface area contributed by atoms with Crippen LogP contribution >= 0.6 is 11.6 Å². The van der Waals surface area contributed by atoms with Gasteiger partial charge in [-0.3, -0.25) is 5.32 Å². The van der Waals surface area contributed by atoms with Gasteiger partial charge in [-0.15, -0.1) is 0 Å². The van der Waals surface area contributed by atoms with Crippen LogP contribution in [0.4, 0.5) is 15.3 Å². The first-order valence-corrected chi connectivity index (χ1v) is 13.0. The van der Waals surface area contributed by atoms with E-state index in [4.69, 9.17) is 16.3 Å². The number of benzene rings is 3. The number of hydrogen-bond acceptors (Lipinski definition) is 5. The first kappa shape index (κ1) is 27.2. The van der Waals surface area contributed by atoms with Gasteiger partial charge in [0.25, 0.3) is 0 Å². The maximum Gasteiger partial charge on any atom is 0.411 e. The highest BCUT2D eigenvalue weighted by atomic mass is 35.5. The van der Waals surface area contributed by atoms with E-state index in [9.17, 15) is 9.59 Å². The number of amides is 1. The summed E-state index contributed by atoms with van der Waals surface area (Å²) in [4.78, 5) is 28.1. The van der Waals surface area contributed by atoms with Crippen molar-refractivity contribution in [1.29, 1.82) is 0 Å². The number of H-pyrrole nitrogens is 1. The summed E-state index contributed by atoms with van der Waals surface area (Å²) in [5.41, 5.74) is 4.27. The lowest BCUT2D eigenvalue weighted by Crippen LogP contribution is -2.26. The molecule has 1 fully saturated rings. The SMILES string of the molecule is CN1CCC[C@@H]1Cc1c[nH]c2ccc(NC(=O)OCc3ccccc3)cc12.O=C(Cl)OCc1ccccc1. The van der Waals surface area contributed by atoms with E-state index in [-0.39, 0.29) is 13.2 Å². The van der Waals surface area contributed by atoms with Crippen LogP contribution in [-0.2, 0) is 29.1 Å². The second kappa shape index (κ2) is 13.7. The van der Waals surface area contributed by atoms with Gasteiger partial charge in [0.1, 0.15) is 13.2 Å². The van der Waals surface area contributed by atoms with Crippen LogP contribution in [0.5, 0.6) is 0 Å². The summed E-state index contributed by atoms with van der Waals surface area (Å²) in [7, 11) is 2.20. The Balaban J connectivity index is 0.000000257. The first-order chi connectivity index (χ1) is 18.5. The smallest absolute Gasteiger partial charge is 0.411 e. The molecule has 1 aromatic heterocycles. The summed E-state index contributed by atoms with van der Waals surface area (Å²) < 4.78 is 9.87. The summed E-state index contributed by atoms with van der Waals surface area (Å²) >= 11 is 4.97. The van der Waals surface area contributed by atoms with E-state index in [1.54, 1.807) is 0 Å². The van der Waals surface area contributed by atoms with Crippen molar-refractivity contribution in [3.63, 3.8) is 0 Å². The van der Waals surface area contributed by atoms with Crippen LogP contribution < -0.4 is 5.32 Å². The third kappa shape index (κ3) is 8.10. The number of ether oxygens (including phenoxy) is 2. The van der Waals surface area contributed by atoms with Gasteiger partial charge < -0.3 is 19.4 Å². The lowest BCUT2D eigenvalue weighted by atomic mass is 10.0. The van der Waals surface area contributed by atoms with Crippen LogP contribution in [0.25, 0.3) is 10.9 Å². The molecule has 1 saturated heterocycles. The van der Waals surface area contributed by atoms with Crippen molar-refractivity contribution in [2.24, 2.45) is 0 Å². The molecule has 0 spiro atoms. The van der Waals surface area contributed by atoms with Crippen molar-refractivity contribution in [3.8, 4) is 0 Å². The fraction of sp³-hybridized carbons (Fsp3) is 0.267. The van der Waals surface area contributed by atoms with E-state index >= 15 is 0 Å². The van der Waals surface area contributed by atoms with Crippen molar-refractivity contribution < 1.29 is 19.1 Å². The van der Waals surface area contributed by atoms with Crippen LogP contribution in [0.2, 0.25) is 0 Å². The van der Waals surface area contributed by atoms with Crippen molar-refractivity contribution in [2.75, 3.05) is 18.9 Å².